The second kappa shape index (κ2) is 11.1. The quantitative estimate of drug-likeness (QED) is 0.448. The van der Waals surface area contributed by atoms with Crippen molar-refractivity contribution in [2.45, 2.75) is 84.8 Å². The molecular formula is C30H41N3O6. The van der Waals surface area contributed by atoms with E-state index < -0.39 is 11.4 Å². The molecule has 0 spiro atoms. The number of nitriles is 1. The highest BCUT2D eigenvalue weighted by Crippen LogP contribution is 2.49. The molecule has 2 amide bonds. The maximum Gasteiger partial charge on any atom is 0.309 e. The minimum atomic E-state index is -0.812. The van der Waals surface area contributed by atoms with E-state index >= 15 is 0 Å². The first-order valence-electron chi connectivity index (χ1n) is 14.0. The monoisotopic (exact) mass is 539 g/mol. The van der Waals surface area contributed by atoms with E-state index in [0.29, 0.717) is 32.2 Å². The van der Waals surface area contributed by atoms with Crippen LogP contribution in [0.3, 0.4) is 0 Å². The highest BCUT2D eigenvalue weighted by molar-refractivity contribution is 5.98. The molecule has 9 nitrogen and oxygen atoms in total. The van der Waals surface area contributed by atoms with Crippen LogP contribution in [0.2, 0.25) is 0 Å². The summed E-state index contributed by atoms with van der Waals surface area (Å²) in [5.74, 6) is -0.428. The van der Waals surface area contributed by atoms with Crippen molar-refractivity contribution in [2.75, 3.05) is 13.7 Å². The summed E-state index contributed by atoms with van der Waals surface area (Å²) < 4.78 is 11.6. The van der Waals surface area contributed by atoms with Gasteiger partial charge < -0.3 is 25.2 Å². The highest BCUT2D eigenvalue weighted by Gasteiger charge is 2.51. The molecule has 0 aromatic heterocycles. The van der Waals surface area contributed by atoms with Gasteiger partial charge in [-0.3, -0.25) is 14.4 Å². The molecule has 0 radical (unpaired) electrons. The van der Waals surface area contributed by atoms with E-state index in [1.165, 1.54) is 13.2 Å². The molecule has 1 aromatic rings. The van der Waals surface area contributed by atoms with Crippen LogP contribution in [0.5, 0.6) is 11.5 Å². The molecule has 2 unspecified atom stereocenters. The van der Waals surface area contributed by atoms with Crippen molar-refractivity contribution in [2.24, 2.45) is 28.6 Å². The zero-order valence-corrected chi connectivity index (χ0v) is 23.6. The van der Waals surface area contributed by atoms with E-state index in [0.717, 1.165) is 19.3 Å². The summed E-state index contributed by atoms with van der Waals surface area (Å²) in [4.78, 5) is 38.4. The van der Waals surface area contributed by atoms with Gasteiger partial charge in [0, 0.05) is 18.7 Å². The van der Waals surface area contributed by atoms with Crippen LogP contribution < -0.4 is 20.1 Å². The minimum absolute atomic E-state index is 0.0103. The molecule has 0 saturated heterocycles. The first-order chi connectivity index (χ1) is 18.3. The van der Waals surface area contributed by atoms with Gasteiger partial charge in [-0.25, -0.2) is 0 Å². The van der Waals surface area contributed by atoms with Crippen LogP contribution in [0.4, 0.5) is 0 Å². The van der Waals surface area contributed by atoms with Gasteiger partial charge in [-0.05, 0) is 75.2 Å². The van der Waals surface area contributed by atoms with E-state index in [1.54, 1.807) is 13.0 Å². The van der Waals surface area contributed by atoms with Crippen LogP contribution >= 0.6 is 0 Å². The number of amides is 2. The Bertz CT molecular complexity index is 1160. The standard InChI is InChI=1S/C30H41N3O6/c1-29(2,3)16-32-27(35)24-17-6-7-18(12-17)25(24)33-26(34)21-14-22(19(15-31)13-23(21)38-5)39-20-8-10-30(4,11-9-20)28(36)37/h13-14,17-18,20,24-25H,6-12,16H2,1-5H3,(H,32,35)(H,33,34)(H,36,37)/t17-,18+,20?,24?,25?,30?/m1/s1. The lowest BCUT2D eigenvalue weighted by Crippen LogP contribution is -2.50. The number of rotatable bonds is 8. The third kappa shape index (κ3) is 6.15. The van der Waals surface area contributed by atoms with Crippen LogP contribution in [-0.4, -0.2) is 48.7 Å². The molecule has 3 aliphatic carbocycles. The number of aliphatic carboxylic acids is 1. The molecule has 212 valence electrons. The Morgan fingerprint density at radius 3 is 2.36 bits per heavy atom. The Morgan fingerprint density at radius 2 is 1.77 bits per heavy atom. The average Bonchev–Trinajstić information content (AvgIpc) is 3.50. The van der Waals surface area contributed by atoms with Crippen LogP contribution in [0.15, 0.2) is 12.1 Å². The van der Waals surface area contributed by atoms with Crippen molar-refractivity contribution in [1.82, 2.24) is 10.6 Å². The molecule has 2 bridgehead atoms. The molecule has 3 saturated carbocycles. The predicted molar refractivity (Wildman–Crippen MR) is 144 cm³/mol. The summed E-state index contributed by atoms with van der Waals surface area (Å²) in [7, 11) is 1.45. The fraction of sp³-hybridized carbons (Fsp3) is 0.667. The first kappa shape index (κ1) is 28.7. The van der Waals surface area contributed by atoms with Crippen LogP contribution in [0, 0.1) is 39.9 Å². The van der Waals surface area contributed by atoms with Crippen molar-refractivity contribution in [3.63, 3.8) is 0 Å². The number of benzene rings is 1. The van der Waals surface area contributed by atoms with Crippen LogP contribution in [0.25, 0.3) is 0 Å². The Labute approximate surface area is 230 Å². The minimum Gasteiger partial charge on any atom is -0.496 e. The SMILES string of the molecule is COc1cc(C#N)c(OC2CCC(C)(C(=O)O)CC2)cc1C(=O)NC1C(C(=O)NCC(C)(C)C)[C@@H]2CC[C@H]1C2. The summed E-state index contributed by atoms with van der Waals surface area (Å²) in [5, 5.41) is 25.5. The Morgan fingerprint density at radius 1 is 1.10 bits per heavy atom. The van der Waals surface area contributed by atoms with Gasteiger partial charge in [0.15, 0.2) is 0 Å². The predicted octanol–water partition coefficient (Wildman–Crippen LogP) is 4.29. The zero-order chi connectivity index (χ0) is 28.5. The average molecular weight is 540 g/mol. The lowest BCUT2D eigenvalue weighted by Gasteiger charge is -2.34. The number of carboxylic acid groups (broad SMARTS) is 1. The Balaban J connectivity index is 1.52. The van der Waals surface area contributed by atoms with Crippen molar-refractivity contribution in [1.29, 1.82) is 5.26 Å². The zero-order valence-electron chi connectivity index (χ0n) is 23.6. The second-order valence-corrected chi connectivity index (χ2v) is 13.0. The number of hydrogen-bond acceptors (Lipinski definition) is 6. The summed E-state index contributed by atoms with van der Waals surface area (Å²) in [5.41, 5.74) is -0.328. The molecule has 3 fully saturated rings. The lowest BCUT2D eigenvalue weighted by molar-refractivity contribution is -0.150. The number of methoxy groups -OCH3 is 1. The molecule has 39 heavy (non-hydrogen) atoms. The van der Waals surface area contributed by atoms with Gasteiger partial charge in [-0.2, -0.15) is 5.26 Å². The van der Waals surface area contributed by atoms with Gasteiger partial charge in [0.25, 0.3) is 5.91 Å². The molecule has 0 heterocycles. The normalized spacial score (nSPS) is 29.8. The third-order valence-electron chi connectivity index (χ3n) is 8.82. The number of carboxylic acids is 1. The van der Waals surface area contributed by atoms with Crippen molar-refractivity contribution in [3.05, 3.63) is 23.3 Å². The Hall–Kier alpha value is -3.28. The maximum atomic E-state index is 13.6. The number of hydrogen-bond donors (Lipinski definition) is 3. The molecule has 1 aromatic carbocycles. The van der Waals surface area contributed by atoms with Gasteiger partial charge in [-0.1, -0.05) is 20.8 Å². The molecule has 4 rings (SSSR count). The lowest BCUT2D eigenvalue weighted by atomic mass is 9.75. The Kier molecular flexibility index (Phi) is 8.15. The third-order valence-corrected chi connectivity index (χ3v) is 8.82. The fourth-order valence-corrected chi connectivity index (χ4v) is 6.41. The molecule has 3 aliphatic rings. The molecule has 3 N–H and O–H groups in total. The molecule has 4 atom stereocenters. The van der Waals surface area contributed by atoms with Crippen LogP contribution in [0.1, 0.15) is 88.6 Å². The number of nitrogens with one attached hydrogen (secondary N) is 2. The molecule has 0 aliphatic heterocycles. The summed E-state index contributed by atoms with van der Waals surface area (Å²) in [6.07, 6.45) is 4.67. The maximum absolute atomic E-state index is 13.6. The summed E-state index contributed by atoms with van der Waals surface area (Å²) in [6.45, 7) is 8.53. The molecular weight excluding hydrogens is 498 g/mol. The first-order valence-corrected chi connectivity index (χ1v) is 14.0. The summed E-state index contributed by atoms with van der Waals surface area (Å²) >= 11 is 0. The number of carbonyl (C=O) groups excluding carboxylic acids is 2. The van der Waals surface area contributed by atoms with E-state index in [1.807, 2.05) is 0 Å². The van der Waals surface area contributed by atoms with E-state index in [9.17, 15) is 24.8 Å². The van der Waals surface area contributed by atoms with Gasteiger partial charge in [-0.15, -0.1) is 0 Å². The van der Waals surface area contributed by atoms with Gasteiger partial charge in [0.1, 0.15) is 17.6 Å². The summed E-state index contributed by atoms with van der Waals surface area (Å²) in [6, 6.07) is 4.89. The van der Waals surface area contributed by atoms with Crippen molar-refractivity contribution < 1.29 is 29.0 Å². The van der Waals surface area contributed by atoms with E-state index in [4.69, 9.17) is 9.47 Å². The van der Waals surface area contributed by atoms with Crippen LogP contribution in [-0.2, 0) is 9.59 Å². The number of fused-ring (bicyclic) bond motifs is 2. The smallest absolute Gasteiger partial charge is 0.309 e. The van der Waals surface area contributed by atoms with E-state index in [2.05, 4.69) is 37.5 Å². The van der Waals surface area contributed by atoms with E-state index in [-0.39, 0.29) is 69.8 Å². The largest absolute Gasteiger partial charge is 0.496 e. The van der Waals surface area contributed by atoms with Gasteiger partial charge >= 0.3 is 5.97 Å². The number of ether oxygens (including phenoxy) is 2. The van der Waals surface area contributed by atoms with Crippen molar-refractivity contribution in [3.8, 4) is 17.6 Å². The number of carbonyl (C=O) groups is 3. The van der Waals surface area contributed by atoms with Crippen molar-refractivity contribution >= 4 is 17.8 Å². The second-order valence-electron chi connectivity index (χ2n) is 13.0. The topological polar surface area (TPSA) is 138 Å². The highest BCUT2D eigenvalue weighted by atomic mass is 16.5. The number of nitrogens with zero attached hydrogens (tertiary/aromatic N) is 1. The molecule has 9 heteroatoms. The van der Waals surface area contributed by atoms with Gasteiger partial charge in [0.05, 0.1) is 35.7 Å². The van der Waals surface area contributed by atoms with Gasteiger partial charge in [0.2, 0.25) is 5.91 Å². The fourth-order valence-electron chi connectivity index (χ4n) is 6.41.